The second kappa shape index (κ2) is 3.11. The third-order valence-electron chi connectivity index (χ3n) is 1.56. The summed E-state index contributed by atoms with van der Waals surface area (Å²) in [6.07, 6.45) is 0.785. The summed E-state index contributed by atoms with van der Waals surface area (Å²) >= 11 is 0. The Balaban J connectivity index is 2.26. The van der Waals surface area contributed by atoms with Crippen LogP contribution in [0.4, 0.5) is 5.95 Å². The van der Waals surface area contributed by atoms with E-state index in [0.717, 1.165) is 18.7 Å². The van der Waals surface area contributed by atoms with E-state index in [1.54, 1.807) is 0 Å². The molecule has 0 aromatic carbocycles. The fourth-order valence-electron chi connectivity index (χ4n) is 1.01. The van der Waals surface area contributed by atoms with Crippen LogP contribution in [0.3, 0.4) is 0 Å². The molecule has 0 spiro atoms. The predicted molar refractivity (Wildman–Crippen MR) is 44.3 cm³/mol. The topological polar surface area (TPSA) is 115 Å². The van der Waals surface area contributed by atoms with E-state index < -0.39 is 0 Å². The summed E-state index contributed by atoms with van der Waals surface area (Å²) in [6, 6.07) is 0. The first-order chi connectivity index (χ1) is 6.40. The Morgan fingerprint density at radius 3 is 3.15 bits per heavy atom. The van der Waals surface area contributed by atoms with Gasteiger partial charge in [-0.25, -0.2) is 4.98 Å². The zero-order valence-electron chi connectivity index (χ0n) is 6.60. The van der Waals surface area contributed by atoms with Crippen molar-refractivity contribution in [3.05, 3.63) is 16.3 Å². The highest BCUT2D eigenvalue weighted by Gasteiger charge is 2.13. The highest BCUT2D eigenvalue weighted by Crippen LogP contribution is 2.07. The molecule has 8 heteroatoms. The molecule has 13 heavy (non-hydrogen) atoms. The van der Waals surface area contributed by atoms with Gasteiger partial charge in [0.2, 0.25) is 5.95 Å². The molecule has 0 bridgehead atoms. The van der Waals surface area contributed by atoms with Crippen LogP contribution in [0.5, 0.6) is 0 Å². The van der Waals surface area contributed by atoms with Crippen molar-refractivity contribution < 1.29 is 0 Å². The third-order valence-corrected chi connectivity index (χ3v) is 1.56. The van der Waals surface area contributed by atoms with Crippen molar-refractivity contribution in [1.82, 2.24) is 20.6 Å². The Morgan fingerprint density at radius 1 is 1.54 bits per heavy atom. The van der Waals surface area contributed by atoms with Gasteiger partial charge in [-0.3, -0.25) is 5.10 Å². The number of H-pyrrole nitrogens is 1. The monoisotopic (exact) mass is 178 g/mol. The molecule has 66 valence electrons. The average molecular weight is 178 g/mol. The number of azide groups is 1. The van der Waals surface area contributed by atoms with E-state index in [-0.39, 0.29) is 5.95 Å². The lowest BCUT2D eigenvalue weighted by atomic mass is 10.3. The molecular formula is C5H6N8. The van der Waals surface area contributed by atoms with Crippen molar-refractivity contribution in [3.8, 4) is 0 Å². The van der Waals surface area contributed by atoms with Crippen molar-refractivity contribution in [3.63, 3.8) is 0 Å². The van der Waals surface area contributed by atoms with E-state index in [1.165, 1.54) is 0 Å². The molecule has 1 aromatic heterocycles. The highest BCUT2D eigenvalue weighted by molar-refractivity contribution is 5.98. The number of rotatable bonds is 2. The molecule has 2 N–H and O–H groups in total. The first-order valence-electron chi connectivity index (χ1n) is 3.67. The van der Waals surface area contributed by atoms with Crippen LogP contribution < -0.4 is 5.43 Å². The van der Waals surface area contributed by atoms with Gasteiger partial charge in [0.15, 0.2) is 5.82 Å². The van der Waals surface area contributed by atoms with Gasteiger partial charge in [-0.05, 0) is 10.6 Å². The largest absolute Gasteiger partial charge is 0.309 e. The highest BCUT2D eigenvalue weighted by atomic mass is 15.4. The van der Waals surface area contributed by atoms with Gasteiger partial charge in [0.25, 0.3) is 0 Å². The van der Waals surface area contributed by atoms with Crippen molar-refractivity contribution in [1.29, 1.82) is 0 Å². The fraction of sp³-hybridized carbons (Fsp3) is 0.400. The molecule has 2 rings (SSSR count). The van der Waals surface area contributed by atoms with E-state index in [9.17, 15) is 0 Å². The van der Waals surface area contributed by atoms with E-state index in [1.807, 2.05) is 0 Å². The minimum absolute atomic E-state index is 0.159. The van der Waals surface area contributed by atoms with Crippen LogP contribution in [0.1, 0.15) is 12.2 Å². The summed E-state index contributed by atoms with van der Waals surface area (Å²) in [5.41, 5.74) is 11.7. The van der Waals surface area contributed by atoms with Crippen LogP contribution in [0, 0.1) is 0 Å². The number of hydrogen-bond acceptors (Lipinski definition) is 5. The Labute approximate surface area is 72.7 Å². The molecular weight excluding hydrogens is 172 g/mol. The van der Waals surface area contributed by atoms with Gasteiger partial charge in [-0.15, -0.1) is 0 Å². The first kappa shape index (κ1) is 7.56. The summed E-state index contributed by atoms with van der Waals surface area (Å²) in [4.78, 5) is 6.51. The molecule has 0 saturated carbocycles. The number of aromatic amines is 1. The molecule has 0 fully saturated rings. The van der Waals surface area contributed by atoms with Crippen LogP contribution in [0.2, 0.25) is 0 Å². The Morgan fingerprint density at radius 2 is 2.46 bits per heavy atom. The smallest absolute Gasteiger partial charge is 0.212 e. The van der Waals surface area contributed by atoms with Crippen LogP contribution in [0.25, 0.3) is 10.4 Å². The number of hydrazone groups is 1. The SMILES string of the molecule is [N-]=[N+]=Nc1nc(C2=NNCC2)n[nH]1. The minimum Gasteiger partial charge on any atom is -0.309 e. The lowest BCUT2D eigenvalue weighted by Gasteiger charge is -1.86. The summed E-state index contributed by atoms with van der Waals surface area (Å²) in [7, 11) is 0. The Bertz CT molecular complexity index is 383. The molecule has 1 aliphatic rings. The summed E-state index contributed by atoms with van der Waals surface area (Å²) < 4.78 is 0. The van der Waals surface area contributed by atoms with Gasteiger partial charge < -0.3 is 5.43 Å². The molecule has 0 atom stereocenters. The normalized spacial score (nSPS) is 14.6. The number of aromatic nitrogens is 3. The van der Waals surface area contributed by atoms with Gasteiger partial charge in [-0.1, -0.05) is 0 Å². The molecule has 8 nitrogen and oxygen atoms in total. The quantitative estimate of drug-likeness (QED) is 0.389. The third kappa shape index (κ3) is 1.42. The van der Waals surface area contributed by atoms with Gasteiger partial charge >= 0.3 is 0 Å². The van der Waals surface area contributed by atoms with Crippen molar-refractivity contribution in [2.24, 2.45) is 10.2 Å². The zero-order valence-corrected chi connectivity index (χ0v) is 6.60. The van der Waals surface area contributed by atoms with E-state index in [4.69, 9.17) is 5.53 Å². The average Bonchev–Trinajstić information content (AvgIpc) is 2.70. The van der Waals surface area contributed by atoms with Crippen LogP contribution in [-0.4, -0.2) is 27.4 Å². The van der Waals surface area contributed by atoms with Crippen LogP contribution in [0.15, 0.2) is 10.2 Å². The van der Waals surface area contributed by atoms with E-state index in [0.29, 0.717) is 5.82 Å². The van der Waals surface area contributed by atoms with Gasteiger partial charge in [0.1, 0.15) is 5.71 Å². The number of hydrogen-bond donors (Lipinski definition) is 2. The standard InChI is InChI=1S/C5H6N8/c6-13-12-5-8-4(10-11-5)3-1-2-7-9-3/h7H,1-2H2,(H,8,10,11). The number of nitrogens with zero attached hydrogens (tertiary/aromatic N) is 6. The maximum absolute atomic E-state index is 8.12. The summed E-state index contributed by atoms with van der Waals surface area (Å²) in [5, 5.41) is 13.6. The summed E-state index contributed by atoms with van der Waals surface area (Å²) in [6.45, 7) is 0.792. The first-order valence-corrected chi connectivity index (χ1v) is 3.67. The summed E-state index contributed by atoms with van der Waals surface area (Å²) in [5.74, 6) is 0.638. The fourth-order valence-corrected chi connectivity index (χ4v) is 1.01. The zero-order chi connectivity index (χ0) is 9.10. The molecule has 0 unspecified atom stereocenters. The molecule has 2 heterocycles. The van der Waals surface area contributed by atoms with Gasteiger partial charge in [0.05, 0.1) is 0 Å². The van der Waals surface area contributed by atoms with Crippen molar-refractivity contribution in [2.75, 3.05) is 6.54 Å². The molecule has 1 aromatic rings. The maximum Gasteiger partial charge on any atom is 0.212 e. The lowest BCUT2D eigenvalue weighted by Crippen LogP contribution is -1.99. The molecule has 0 aliphatic carbocycles. The predicted octanol–water partition coefficient (Wildman–Crippen LogP) is 0.444. The minimum atomic E-state index is 0.159. The van der Waals surface area contributed by atoms with E-state index in [2.05, 4.69) is 35.7 Å². The Hall–Kier alpha value is -2.08. The lowest BCUT2D eigenvalue weighted by molar-refractivity contribution is 0.813. The van der Waals surface area contributed by atoms with Crippen LogP contribution >= 0.6 is 0 Å². The second-order valence-corrected chi connectivity index (χ2v) is 2.39. The van der Waals surface area contributed by atoms with Crippen LogP contribution in [-0.2, 0) is 0 Å². The second-order valence-electron chi connectivity index (χ2n) is 2.39. The Kier molecular flexibility index (Phi) is 1.81. The molecule has 1 aliphatic heterocycles. The molecule has 0 saturated heterocycles. The number of nitrogens with one attached hydrogen (secondary N) is 2. The molecule has 0 amide bonds. The molecule has 0 radical (unpaired) electrons. The van der Waals surface area contributed by atoms with Gasteiger partial charge in [-0.2, -0.15) is 10.2 Å². The van der Waals surface area contributed by atoms with Gasteiger partial charge in [0, 0.05) is 17.9 Å². The van der Waals surface area contributed by atoms with Crippen molar-refractivity contribution >= 4 is 11.7 Å². The van der Waals surface area contributed by atoms with E-state index >= 15 is 0 Å². The maximum atomic E-state index is 8.12. The van der Waals surface area contributed by atoms with Crippen molar-refractivity contribution in [2.45, 2.75) is 6.42 Å².